The summed E-state index contributed by atoms with van der Waals surface area (Å²) in [7, 11) is 1.76. The zero-order chi connectivity index (χ0) is 12.2. The first-order valence-electron chi connectivity index (χ1n) is 4.81. The van der Waals surface area contributed by atoms with Gasteiger partial charge >= 0.3 is 5.97 Å². The summed E-state index contributed by atoms with van der Waals surface area (Å²) < 4.78 is 1.57. The molecule has 0 aliphatic heterocycles. The van der Waals surface area contributed by atoms with E-state index in [1.54, 1.807) is 11.7 Å². The van der Waals surface area contributed by atoms with Gasteiger partial charge in [0, 0.05) is 12.8 Å². The summed E-state index contributed by atoms with van der Waals surface area (Å²) in [5.74, 6) is -0.230. The van der Waals surface area contributed by atoms with E-state index >= 15 is 0 Å². The van der Waals surface area contributed by atoms with Crippen LogP contribution in [0.15, 0.2) is 5.16 Å². The lowest BCUT2D eigenvalue weighted by atomic mass is 9.98. The van der Waals surface area contributed by atoms with Crippen LogP contribution in [0.1, 0.15) is 19.8 Å². The number of tetrazole rings is 1. The molecule has 0 saturated carbocycles. The van der Waals surface area contributed by atoms with Crippen LogP contribution in [0, 0.1) is 0 Å². The fourth-order valence-corrected chi connectivity index (χ4v) is 1.84. The lowest BCUT2D eigenvalue weighted by Crippen LogP contribution is -2.44. The number of carboxylic acids is 1. The van der Waals surface area contributed by atoms with Crippen LogP contribution >= 0.6 is 11.8 Å². The van der Waals surface area contributed by atoms with Crippen LogP contribution in [0.3, 0.4) is 0 Å². The molecule has 1 aromatic rings. The highest BCUT2D eigenvalue weighted by molar-refractivity contribution is 7.99. The molecule has 0 spiro atoms. The van der Waals surface area contributed by atoms with E-state index < -0.39 is 11.5 Å². The first kappa shape index (κ1) is 12.9. The molecule has 0 radical (unpaired) electrons. The lowest BCUT2D eigenvalue weighted by molar-refractivity contribution is -0.142. The van der Waals surface area contributed by atoms with Crippen LogP contribution < -0.4 is 5.73 Å². The number of nitrogens with two attached hydrogens (primary N) is 1. The minimum atomic E-state index is -1.15. The molecule has 0 aromatic carbocycles. The number of nitrogens with zero attached hydrogens (tertiary/aromatic N) is 4. The molecular weight excluding hydrogens is 230 g/mol. The van der Waals surface area contributed by atoms with Gasteiger partial charge in [0.15, 0.2) is 0 Å². The molecular formula is C8H15N5O2S. The van der Waals surface area contributed by atoms with Gasteiger partial charge < -0.3 is 10.8 Å². The minimum Gasteiger partial charge on any atom is -0.480 e. The number of thioether (sulfide) groups is 1. The fraction of sp³-hybridized carbons (Fsp3) is 0.750. The third-order valence-electron chi connectivity index (χ3n) is 2.14. The van der Waals surface area contributed by atoms with Crippen molar-refractivity contribution in [1.82, 2.24) is 20.2 Å². The predicted octanol–water partition coefficient (Wildman–Crippen LogP) is -0.116. The van der Waals surface area contributed by atoms with Gasteiger partial charge in [-0.1, -0.05) is 11.8 Å². The monoisotopic (exact) mass is 245 g/mol. The summed E-state index contributed by atoms with van der Waals surface area (Å²) in [5, 5.41) is 20.5. The molecule has 0 aliphatic carbocycles. The highest BCUT2D eigenvalue weighted by atomic mass is 32.2. The van der Waals surface area contributed by atoms with Gasteiger partial charge in [-0.15, -0.1) is 5.10 Å². The van der Waals surface area contributed by atoms with Crippen LogP contribution in [0.4, 0.5) is 0 Å². The third-order valence-corrected chi connectivity index (χ3v) is 3.24. The summed E-state index contributed by atoms with van der Waals surface area (Å²) in [5.41, 5.74) is 4.44. The molecule has 90 valence electrons. The molecule has 0 amide bonds. The number of hydrogen-bond donors (Lipinski definition) is 2. The summed E-state index contributed by atoms with van der Waals surface area (Å²) >= 11 is 1.48. The van der Waals surface area contributed by atoms with Crippen LogP contribution in [-0.2, 0) is 11.8 Å². The Bertz CT molecular complexity index is 365. The first-order valence-corrected chi connectivity index (χ1v) is 5.79. The quantitative estimate of drug-likeness (QED) is 0.531. The summed E-state index contributed by atoms with van der Waals surface area (Å²) in [6, 6.07) is 0. The van der Waals surface area contributed by atoms with Gasteiger partial charge in [-0.2, -0.15) is 0 Å². The van der Waals surface area contributed by atoms with E-state index in [-0.39, 0.29) is 0 Å². The van der Waals surface area contributed by atoms with Gasteiger partial charge in [0.25, 0.3) is 0 Å². The Hall–Kier alpha value is -1.15. The average molecular weight is 245 g/mol. The van der Waals surface area contributed by atoms with Crippen molar-refractivity contribution in [3.8, 4) is 0 Å². The lowest BCUT2D eigenvalue weighted by Gasteiger charge is -2.18. The molecule has 0 bridgehead atoms. The van der Waals surface area contributed by atoms with E-state index in [4.69, 9.17) is 10.8 Å². The molecule has 1 rings (SSSR count). The number of aliphatic carboxylic acids is 1. The van der Waals surface area contributed by atoms with Crippen LogP contribution in [0.5, 0.6) is 0 Å². The standard InChI is InChI=1S/C8H15N5O2S/c1-8(9,6(14)15)4-3-5-16-7-10-11-12-13(7)2/h3-5,9H2,1-2H3,(H,14,15). The van der Waals surface area contributed by atoms with Gasteiger partial charge in [0.05, 0.1) is 0 Å². The largest absolute Gasteiger partial charge is 0.480 e. The Labute approximate surface area is 97.4 Å². The molecule has 8 heteroatoms. The SMILES string of the molecule is Cn1nnnc1SCCCC(C)(N)C(=O)O. The van der Waals surface area contributed by atoms with Crippen molar-refractivity contribution < 1.29 is 9.90 Å². The van der Waals surface area contributed by atoms with E-state index in [0.717, 1.165) is 5.75 Å². The molecule has 1 heterocycles. The van der Waals surface area contributed by atoms with E-state index in [9.17, 15) is 4.79 Å². The van der Waals surface area contributed by atoms with E-state index in [2.05, 4.69) is 15.5 Å². The molecule has 0 fully saturated rings. The number of hydrogen-bond acceptors (Lipinski definition) is 6. The Morgan fingerprint density at radius 1 is 1.69 bits per heavy atom. The van der Waals surface area contributed by atoms with Crippen molar-refractivity contribution in [2.24, 2.45) is 12.8 Å². The second kappa shape index (κ2) is 5.26. The minimum absolute atomic E-state index is 0.431. The summed E-state index contributed by atoms with van der Waals surface area (Å²) in [6.45, 7) is 1.52. The third kappa shape index (κ3) is 3.46. The van der Waals surface area contributed by atoms with E-state index in [1.807, 2.05) is 0 Å². The maximum Gasteiger partial charge on any atom is 0.323 e. The van der Waals surface area contributed by atoms with Crippen molar-refractivity contribution in [2.75, 3.05) is 5.75 Å². The van der Waals surface area contributed by atoms with Gasteiger partial charge in [-0.3, -0.25) is 4.79 Å². The Balaban J connectivity index is 2.27. The Kier molecular flexibility index (Phi) is 4.25. The molecule has 1 unspecified atom stereocenters. The van der Waals surface area contributed by atoms with Gasteiger partial charge in [0.1, 0.15) is 5.54 Å². The normalized spacial score (nSPS) is 14.7. The van der Waals surface area contributed by atoms with Crippen LogP contribution in [0.25, 0.3) is 0 Å². The molecule has 0 saturated heterocycles. The summed E-state index contributed by atoms with van der Waals surface area (Å²) in [4.78, 5) is 10.7. The highest BCUT2D eigenvalue weighted by Crippen LogP contribution is 2.17. The molecule has 1 atom stereocenters. The molecule has 16 heavy (non-hydrogen) atoms. The van der Waals surface area contributed by atoms with E-state index in [0.29, 0.717) is 18.0 Å². The zero-order valence-corrected chi connectivity index (χ0v) is 10.1. The number of aromatic nitrogens is 4. The number of carboxylic acid groups (broad SMARTS) is 1. The first-order chi connectivity index (χ1) is 7.43. The molecule has 1 aromatic heterocycles. The van der Waals surface area contributed by atoms with Crippen LogP contribution in [0.2, 0.25) is 0 Å². The molecule has 7 nitrogen and oxygen atoms in total. The second-order valence-corrected chi connectivity index (χ2v) is 4.82. The number of aryl methyl sites for hydroxylation is 1. The topological polar surface area (TPSA) is 107 Å². The van der Waals surface area contributed by atoms with Gasteiger partial charge in [0.2, 0.25) is 5.16 Å². The van der Waals surface area contributed by atoms with Gasteiger partial charge in [-0.25, -0.2) is 4.68 Å². The predicted molar refractivity (Wildman–Crippen MR) is 59.0 cm³/mol. The highest BCUT2D eigenvalue weighted by Gasteiger charge is 2.26. The van der Waals surface area contributed by atoms with Crippen molar-refractivity contribution >= 4 is 17.7 Å². The van der Waals surface area contributed by atoms with Crippen molar-refractivity contribution in [3.63, 3.8) is 0 Å². The van der Waals surface area contributed by atoms with Crippen LogP contribution in [-0.4, -0.2) is 42.6 Å². The number of rotatable bonds is 6. The average Bonchev–Trinajstić information content (AvgIpc) is 2.59. The maximum atomic E-state index is 10.7. The second-order valence-electron chi connectivity index (χ2n) is 3.76. The molecule has 3 N–H and O–H groups in total. The van der Waals surface area contributed by atoms with Crippen molar-refractivity contribution in [2.45, 2.75) is 30.5 Å². The van der Waals surface area contributed by atoms with Crippen molar-refractivity contribution in [1.29, 1.82) is 0 Å². The fourth-order valence-electron chi connectivity index (χ4n) is 1.05. The van der Waals surface area contributed by atoms with Crippen molar-refractivity contribution in [3.05, 3.63) is 0 Å². The van der Waals surface area contributed by atoms with E-state index in [1.165, 1.54) is 18.7 Å². The Morgan fingerprint density at radius 2 is 2.38 bits per heavy atom. The molecule has 0 aliphatic rings. The smallest absolute Gasteiger partial charge is 0.323 e. The Morgan fingerprint density at radius 3 is 2.88 bits per heavy atom. The van der Waals surface area contributed by atoms with Gasteiger partial charge in [-0.05, 0) is 30.2 Å². The number of carbonyl (C=O) groups is 1. The zero-order valence-electron chi connectivity index (χ0n) is 9.25. The maximum absolute atomic E-state index is 10.7. The summed E-state index contributed by atoms with van der Waals surface area (Å²) in [6.07, 6.45) is 1.14.